The van der Waals surface area contributed by atoms with Gasteiger partial charge in [0, 0.05) is 38.5 Å². The van der Waals surface area contributed by atoms with Crippen molar-refractivity contribution in [2.45, 2.75) is 56.4 Å². The topological polar surface area (TPSA) is 90.4 Å². The highest BCUT2D eigenvalue weighted by Crippen LogP contribution is 2.58. The summed E-state index contributed by atoms with van der Waals surface area (Å²) in [7, 11) is 0. The van der Waals surface area contributed by atoms with Crippen LogP contribution in [0.1, 0.15) is 38.2 Å². The lowest BCUT2D eigenvalue weighted by molar-refractivity contribution is -0.150. The number of likely N-dealkylation sites (tertiary alicyclic amines) is 1. The van der Waals surface area contributed by atoms with Gasteiger partial charge in [-0.25, -0.2) is 0 Å². The van der Waals surface area contributed by atoms with Crippen LogP contribution in [0, 0.1) is 11.8 Å². The average molecular weight is 620 g/mol. The highest BCUT2D eigenvalue weighted by molar-refractivity contribution is 6.06. The fourth-order valence-electron chi connectivity index (χ4n) is 8.14. The van der Waals surface area contributed by atoms with Gasteiger partial charge in [-0.2, -0.15) is 0 Å². The number of anilines is 1. The first-order valence-electron chi connectivity index (χ1n) is 16.5. The third-order valence-corrected chi connectivity index (χ3v) is 10.3. The predicted molar refractivity (Wildman–Crippen MR) is 177 cm³/mol. The van der Waals surface area contributed by atoms with E-state index in [0.29, 0.717) is 45.4 Å². The van der Waals surface area contributed by atoms with Gasteiger partial charge >= 0.3 is 0 Å². The van der Waals surface area contributed by atoms with Crippen molar-refractivity contribution in [3.63, 3.8) is 0 Å². The maximum atomic E-state index is 14.9. The van der Waals surface area contributed by atoms with Gasteiger partial charge in [-0.15, -0.1) is 0 Å². The summed E-state index contributed by atoms with van der Waals surface area (Å²) < 4.78 is 7.13. The lowest BCUT2D eigenvalue weighted by atomic mass is 9.73. The average Bonchev–Trinajstić information content (AvgIpc) is 3.37. The van der Waals surface area contributed by atoms with Crippen LogP contribution in [0.3, 0.4) is 0 Å². The Morgan fingerprint density at radius 3 is 2.35 bits per heavy atom. The van der Waals surface area contributed by atoms with E-state index in [1.165, 1.54) is 0 Å². The Hall–Kier alpha value is -4.27. The third-order valence-electron chi connectivity index (χ3n) is 10.3. The zero-order valence-corrected chi connectivity index (χ0v) is 26.3. The number of rotatable bonds is 9. The van der Waals surface area contributed by atoms with Crippen molar-refractivity contribution in [2.75, 3.05) is 31.1 Å². The molecule has 2 saturated heterocycles. The van der Waals surface area contributed by atoms with E-state index >= 15 is 0 Å². The lowest BCUT2D eigenvalue weighted by Gasteiger charge is -2.38. The number of fused-ring (bicyclic) bond motifs is 3. The first-order valence-corrected chi connectivity index (χ1v) is 16.5. The van der Waals surface area contributed by atoms with Gasteiger partial charge in [-0.3, -0.25) is 14.4 Å². The number of carbonyl (C=O) groups excluding carboxylic acids is 3. The van der Waals surface area contributed by atoms with E-state index in [2.05, 4.69) is 0 Å². The lowest BCUT2D eigenvalue weighted by Crippen LogP contribution is -2.56. The summed E-state index contributed by atoms with van der Waals surface area (Å²) in [5.41, 5.74) is -0.553. The maximum absolute atomic E-state index is 14.9. The van der Waals surface area contributed by atoms with Gasteiger partial charge in [0.05, 0.1) is 17.4 Å². The molecule has 0 aliphatic carbocycles. The summed E-state index contributed by atoms with van der Waals surface area (Å²) in [6.45, 7) is 3.58. The summed E-state index contributed by atoms with van der Waals surface area (Å²) in [6.07, 6.45) is 10.3. The van der Waals surface area contributed by atoms with E-state index in [0.717, 1.165) is 28.4 Å². The molecular formula is C38H41N3O5. The van der Waals surface area contributed by atoms with Crippen LogP contribution in [0.25, 0.3) is 10.8 Å². The molecule has 7 rings (SSSR count). The molecule has 3 amide bonds. The van der Waals surface area contributed by atoms with Crippen molar-refractivity contribution in [1.82, 2.24) is 9.80 Å². The second-order valence-electron chi connectivity index (χ2n) is 12.9. The van der Waals surface area contributed by atoms with Crippen LogP contribution < -0.4 is 4.90 Å². The van der Waals surface area contributed by atoms with Crippen molar-refractivity contribution in [1.29, 1.82) is 0 Å². The molecule has 8 heteroatoms. The second kappa shape index (κ2) is 12.2. The summed E-state index contributed by atoms with van der Waals surface area (Å²) >= 11 is 0. The van der Waals surface area contributed by atoms with E-state index in [9.17, 15) is 19.5 Å². The first-order chi connectivity index (χ1) is 22.4. The summed E-state index contributed by atoms with van der Waals surface area (Å²) in [4.78, 5) is 49.4. The summed E-state index contributed by atoms with van der Waals surface area (Å²) in [5, 5.41) is 11.5. The Labute approximate surface area is 269 Å². The van der Waals surface area contributed by atoms with Gasteiger partial charge in [0.2, 0.25) is 11.8 Å². The van der Waals surface area contributed by atoms with Crippen molar-refractivity contribution in [3.05, 3.63) is 103 Å². The molecule has 3 aromatic rings. The van der Waals surface area contributed by atoms with Crippen LogP contribution in [0.15, 0.2) is 97.1 Å². The number of carbonyl (C=O) groups is 3. The number of aliphatic hydroxyl groups is 1. The van der Waals surface area contributed by atoms with Gasteiger partial charge in [0.15, 0.2) is 0 Å². The van der Waals surface area contributed by atoms with Crippen molar-refractivity contribution in [2.24, 2.45) is 11.8 Å². The molecule has 0 bridgehead atoms. The van der Waals surface area contributed by atoms with Crippen molar-refractivity contribution in [3.8, 4) is 0 Å². The molecule has 0 radical (unpaired) electrons. The molecule has 2 fully saturated rings. The standard InChI is InChI=1S/C38H41N3O5/c1-2-37-19-11-21-39(26-27-13-5-3-6-14-27)34(43)31(37)32-35(44)41(22-9-4-10-24-42)33-36(45)40(23-12-20-38(32,33)46-37)30-18-17-28-15-7-8-16-29(28)25-30/h3,5-8,11-20,25,31-33,42H,2,4,9-10,21-24,26H2,1H3/t31-,32-,33?,37+,38-/m0/s1. The molecule has 46 heavy (non-hydrogen) atoms. The Morgan fingerprint density at radius 1 is 0.804 bits per heavy atom. The van der Waals surface area contributed by atoms with Crippen LogP contribution in [-0.4, -0.2) is 76.1 Å². The molecule has 4 aliphatic heterocycles. The molecule has 1 spiro atoms. The van der Waals surface area contributed by atoms with E-state index in [-0.39, 0.29) is 24.3 Å². The fourth-order valence-corrected chi connectivity index (χ4v) is 8.14. The fraction of sp³-hybridized carbons (Fsp3) is 0.395. The highest BCUT2D eigenvalue weighted by atomic mass is 16.5. The molecule has 8 nitrogen and oxygen atoms in total. The Bertz CT molecular complexity index is 1700. The molecule has 5 atom stereocenters. The largest absolute Gasteiger partial charge is 0.396 e. The van der Waals surface area contributed by atoms with Crippen LogP contribution in [0.4, 0.5) is 5.69 Å². The molecule has 1 N–H and O–H groups in total. The number of ether oxygens (including phenoxy) is 1. The Kier molecular flexibility index (Phi) is 8.03. The second-order valence-corrected chi connectivity index (χ2v) is 12.9. The van der Waals surface area contributed by atoms with Crippen LogP contribution in [0.5, 0.6) is 0 Å². The minimum Gasteiger partial charge on any atom is -0.396 e. The summed E-state index contributed by atoms with van der Waals surface area (Å²) in [5.74, 6) is -2.17. The quantitative estimate of drug-likeness (QED) is 0.273. The van der Waals surface area contributed by atoms with E-state index in [4.69, 9.17) is 4.74 Å². The molecule has 1 unspecified atom stereocenters. The Balaban J connectivity index is 1.30. The number of benzene rings is 3. The normalized spacial score (nSPS) is 28.8. The zero-order valence-electron chi connectivity index (χ0n) is 26.3. The van der Waals surface area contributed by atoms with Gasteiger partial charge in [-0.1, -0.05) is 91.9 Å². The molecule has 238 valence electrons. The Morgan fingerprint density at radius 2 is 1.57 bits per heavy atom. The molecule has 3 aromatic carbocycles. The monoisotopic (exact) mass is 619 g/mol. The third kappa shape index (κ3) is 4.86. The number of nitrogens with zero attached hydrogens (tertiary/aromatic N) is 3. The highest BCUT2D eigenvalue weighted by Gasteiger charge is 2.75. The smallest absolute Gasteiger partial charge is 0.253 e. The van der Waals surface area contributed by atoms with Crippen LogP contribution >= 0.6 is 0 Å². The van der Waals surface area contributed by atoms with Crippen LogP contribution in [0.2, 0.25) is 0 Å². The van der Waals surface area contributed by atoms with Crippen LogP contribution in [-0.2, 0) is 25.7 Å². The number of amides is 3. The summed E-state index contributed by atoms with van der Waals surface area (Å²) in [6, 6.07) is 23.0. The van der Waals surface area contributed by atoms with Crippen molar-refractivity contribution >= 4 is 34.2 Å². The molecule has 4 heterocycles. The molecular weight excluding hydrogens is 578 g/mol. The van der Waals surface area contributed by atoms with Gasteiger partial charge in [0.1, 0.15) is 11.6 Å². The minimum absolute atomic E-state index is 0.0731. The van der Waals surface area contributed by atoms with E-state index in [1.54, 1.807) is 9.80 Å². The minimum atomic E-state index is -1.30. The molecule has 0 saturated carbocycles. The number of aliphatic hydroxyl groups excluding tert-OH is 1. The SMILES string of the molecule is CC[C@@]12C=CCN(Cc3ccccc3)C(=O)[C@@H]1[C@H]1C(=O)N(CCCCCO)C3C(=O)N(c4ccc5ccccc5c4)CC=C[C@@]31O2. The number of unbranched alkanes of at least 4 members (excludes halogenated alkanes) is 2. The zero-order chi connectivity index (χ0) is 31.9. The molecule has 4 aliphatic rings. The predicted octanol–water partition coefficient (Wildman–Crippen LogP) is 4.86. The maximum Gasteiger partial charge on any atom is 0.253 e. The van der Waals surface area contributed by atoms with E-state index in [1.807, 2.05) is 109 Å². The number of hydrogen-bond donors (Lipinski definition) is 1. The van der Waals surface area contributed by atoms with Crippen molar-refractivity contribution < 1.29 is 24.2 Å². The number of hydrogen-bond acceptors (Lipinski definition) is 5. The molecule has 0 aromatic heterocycles. The van der Waals surface area contributed by atoms with Gasteiger partial charge < -0.3 is 24.5 Å². The van der Waals surface area contributed by atoms with Gasteiger partial charge in [-0.05, 0) is 54.2 Å². The first kappa shape index (κ1) is 30.4. The van der Waals surface area contributed by atoms with E-state index < -0.39 is 29.1 Å². The van der Waals surface area contributed by atoms with Gasteiger partial charge in [0.25, 0.3) is 5.91 Å².